The maximum absolute atomic E-state index is 13.5. The van der Waals surface area contributed by atoms with Crippen LogP contribution in [0.2, 0.25) is 0 Å². The van der Waals surface area contributed by atoms with Crippen molar-refractivity contribution in [3.05, 3.63) is 59.4 Å². The van der Waals surface area contributed by atoms with Gasteiger partial charge in [0.25, 0.3) is 0 Å². The Morgan fingerprint density at radius 1 is 1.11 bits per heavy atom. The van der Waals surface area contributed by atoms with E-state index in [0.717, 1.165) is 27.8 Å². The number of carboxylic acids is 1. The molecule has 0 spiro atoms. The van der Waals surface area contributed by atoms with E-state index in [2.05, 4.69) is 5.32 Å². The highest BCUT2D eigenvalue weighted by Crippen LogP contribution is 2.38. The van der Waals surface area contributed by atoms with Crippen LogP contribution in [0.25, 0.3) is 20.5 Å². The second kappa shape index (κ2) is 7.66. The number of carbonyl (C=O) groups is 1. The number of hydrogen-bond donors (Lipinski definition) is 2. The topological polar surface area (TPSA) is 49.3 Å². The predicted octanol–water partition coefficient (Wildman–Crippen LogP) is 5.29. The molecule has 1 heterocycles. The lowest BCUT2D eigenvalue weighted by Crippen LogP contribution is -2.17. The lowest BCUT2D eigenvalue weighted by Gasteiger charge is -2.09. The molecule has 0 fully saturated rings. The van der Waals surface area contributed by atoms with E-state index in [4.69, 9.17) is 5.11 Å². The summed E-state index contributed by atoms with van der Waals surface area (Å²) in [5.41, 5.74) is -0.0286. The fourth-order valence-corrected chi connectivity index (χ4v) is 3.71. The number of alkyl halides is 3. The van der Waals surface area contributed by atoms with Crippen molar-refractivity contribution in [1.29, 1.82) is 0 Å². The van der Waals surface area contributed by atoms with Gasteiger partial charge in [-0.3, -0.25) is 4.79 Å². The largest absolute Gasteiger partial charge is 0.481 e. The first-order chi connectivity index (χ1) is 12.7. The predicted molar refractivity (Wildman–Crippen MR) is 96.2 cm³/mol. The van der Waals surface area contributed by atoms with Crippen LogP contribution in [0.15, 0.2) is 42.5 Å². The standard InChI is InChI=1S/C19H15F4NO2S/c20-15-3-2-12(8-14(15)19(21,22)23)17-9-13-7-11(1-4-16(13)27-17)10-24-6-5-18(25)26/h1-4,7-9,24H,5-6,10H2,(H,25,26). The van der Waals surface area contributed by atoms with Crippen LogP contribution >= 0.6 is 11.3 Å². The highest BCUT2D eigenvalue weighted by Gasteiger charge is 2.34. The molecule has 0 radical (unpaired) electrons. The van der Waals surface area contributed by atoms with Gasteiger partial charge in [-0.2, -0.15) is 13.2 Å². The van der Waals surface area contributed by atoms with Crippen LogP contribution in [0.5, 0.6) is 0 Å². The summed E-state index contributed by atoms with van der Waals surface area (Å²) >= 11 is 1.33. The van der Waals surface area contributed by atoms with Crippen molar-refractivity contribution >= 4 is 27.4 Å². The van der Waals surface area contributed by atoms with Crippen molar-refractivity contribution in [2.75, 3.05) is 6.54 Å². The third-order valence-corrected chi connectivity index (χ3v) is 5.15. The summed E-state index contributed by atoms with van der Waals surface area (Å²) in [6, 6.07) is 10.4. The molecule has 1 aromatic heterocycles. The van der Waals surface area contributed by atoms with Gasteiger partial charge < -0.3 is 10.4 Å². The zero-order chi connectivity index (χ0) is 19.6. The number of benzene rings is 2. The third kappa shape index (κ3) is 4.64. The Balaban J connectivity index is 1.84. The third-order valence-electron chi connectivity index (χ3n) is 3.98. The van der Waals surface area contributed by atoms with E-state index in [1.807, 2.05) is 18.2 Å². The number of thiophene rings is 1. The first-order valence-corrected chi connectivity index (χ1v) is 8.88. The molecule has 2 aromatic carbocycles. The maximum atomic E-state index is 13.5. The Hall–Kier alpha value is -2.45. The summed E-state index contributed by atoms with van der Waals surface area (Å²) < 4.78 is 53.1. The number of rotatable bonds is 6. The number of hydrogen-bond acceptors (Lipinski definition) is 3. The van der Waals surface area contributed by atoms with Gasteiger partial charge in [0.05, 0.1) is 12.0 Å². The van der Waals surface area contributed by atoms with E-state index < -0.39 is 23.5 Å². The van der Waals surface area contributed by atoms with Crippen molar-refractivity contribution < 1.29 is 27.5 Å². The lowest BCUT2D eigenvalue weighted by atomic mass is 10.1. The molecule has 3 rings (SSSR count). The van der Waals surface area contributed by atoms with E-state index >= 15 is 0 Å². The Labute approximate surface area is 156 Å². The second-order valence-corrected chi connectivity index (χ2v) is 7.08. The molecule has 0 bridgehead atoms. The van der Waals surface area contributed by atoms with E-state index in [9.17, 15) is 22.4 Å². The summed E-state index contributed by atoms with van der Waals surface area (Å²) in [6.07, 6.45) is -4.72. The summed E-state index contributed by atoms with van der Waals surface area (Å²) in [5, 5.41) is 12.5. The van der Waals surface area contributed by atoms with Crippen LogP contribution < -0.4 is 5.32 Å². The average molecular weight is 397 g/mol. The molecule has 0 amide bonds. The Morgan fingerprint density at radius 3 is 2.59 bits per heavy atom. The van der Waals surface area contributed by atoms with Crippen LogP contribution in [-0.2, 0) is 17.5 Å². The number of halogens is 4. The van der Waals surface area contributed by atoms with Gasteiger partial charge in [-0.05, 0) is 46.8 Å². The van der Waals surface area contributed by atoms with E-state index in [-0.39, 0.29) is 6.42 Å². The molecular weight excluding hydrogens is 382 g/mol. The van der Waals surface area contributed by atoms with Crippen LogP contribution in [0.3, 0.4) is 0 Å². The van der Waals surface area contributed by atoms with Gasteiger partial charge in [-0.25, -0.2) is 4.39 Å². The number of aliphatic carboxylic acids is 1. The minimum Gasteiger partial charge on any atom is -0.481 e. The van der Waals surface area contributed by atoms with Gasteiger partial charge in [0.15, 0.2) is 0 Å². The van der Waals surface area contributed by atoms with Crippen molar-refractivity contribution in [1.82, 2.24) is 5.32 Å². The molecule has 0 atom stereocenters. The second-order valence-electron chi connectivity index (χ2n) is 6.00. The molecule has 142 valence electrons. The molecule has 27 heavy (non-hydrogen) atoms. The molecule has 0 unspecified atom stereocenters. The van der Waals surface area contributed by atoms with Crippen molar-refractivity contribution in [3.8, 4) is 10.4 Å². The average Bonchev–Trinajstić information content (AvgIpc) is 3.01. The van der Waals surface area contributed by atoms with E-state index in [1.54, 1.807) is 6.07 Å². The van der Waals surface area contributed by atoms with Gasteiger partial charge in [-0.1, -0.05) is 12.1 Å². The molecule has 2 N–H and O–H groups in total. The monoisotopic (exact) mass is 397 g/mol. The fraction of sp³-hybridized carbons (Fsp3) is 0.211. The van der Waals surface area contributed by atoms with Crippen LogP contribution in [-0.4, -0.2) is 17.6 Å². The molecule has 0 aliphatic heterocycles. The van der Waals surface area contributed by atoms with Crippen LogP contribution in [0.4, 0.5) is 17.6 Å². The quantitative estimate of drug-likeness (QED) is 0.439. The van der Waals surface area contributed by atoms with Gasteiger partial charge in [-0.15, -0.1) is 11.3 Å². The fourth-order valence-electron chi connectivity index (χ4n) is 2.67. The minimum atomic E-state index is -4.74. The molecule has 0 saturated carbocycles. The SMILES string of the molecule is O=C(O)CCNCc1ccc2sc(-c3ccc(F)c(C(F)(F)F)c3)cc2c1. The number of fused-ring (bicyclic) bond motifs is 1. The Kier molecular flexibility index (Phi) is 5.48. The van der Waals surface area contributed by atoms with Crippen molar-refractivity contribution in [2.45, 2.75) is 19.1 Å². The van der Waals surface area contributed by atoms with Crippen LogP contribution in [0, 0.1) is 5.82 Å². The smallest absolute Gasteiger partial charge is 0.419 e. The molecule has 3 aromatic rings. The summed E-state index contributed by atoms with van der Waals surface area (Å²) in [5.74, 6) is -2.17. The molecule has 0 aliphatic rings. The highest BCUT2D eigenvalue weighted by atomic mass is 32.1. The molecule has 0 saturated heterocycles. The first-order valence-electron chi connectivity index (χ1n) is 8.06. The minimum absolute atomic E-state index is 0.0248. The summed E-state index contributed by atoms with van der Waals surface area (Å²) in [7, 11) is 0. The van der Waals surface area contributed by atoms with Gasteiger partial charge in [0.2, 0.25) is 0 Å². The van der Waals surface area contributed by atoms with Gasteiger partial charge in [0, 0.05) is 22.7 Å². The maximum Gasteiger partial charge on any atom is 0.419 e. The van der Waals surface area contributed by atoms with E-state index in [0.29, 0.717) is 23.5 Å². The lowest BCUT2D eigenvalue weighted by molar-refractivity contribution is -0.140. The van der Waals surface area contributed by atoms with Gasteiger partial charge in [0.1, 0.15) is 5.82 Å². The van der Waals surface area contributed by atoms with E-state index in [1.165, 1.54) is 17.4 Å². The number of nitrogens with one attached hydrogen (secondary N) is 1. The Bertz CT molecular complexity index is 981. The van der Waals surface area contributed by atoms with Gasteiger partial charge >= 0.3 is 12.1 Å². The molecule has 3 nitrogen and oxygen atoms in total. The number of carboxylic acid groups (broad SMARTS) is 1. The Morgan fingerprint density at radius 2 is 1.89 bits per heavy atom. The highest BCUT2D eigenvalue weighted by molar-refractivity contribution is 7.22. The molecular formula is C19H15F4NO2S. The first kappa shape index (κ1) is 19.3. The molecule has 0 aliphatic carbocycles. The zero-order valence-corrected chi connectivity index (χ0v) is 14.8. The summed E-state index contributed by atoms with van der Waals surface area (Å²) in [6.45, 7) is 0.835. The normalized spacial score (nSPS) is 11.9. The molecule has 8 heteroatoms. The van der Waals surface area contributed by atoms with Crippen molar-refractivity contribution in [3.63, 3.8) is 0 Å². The zero-order valence-electron chi connectivity index (χ0n) is 13.9. The summed E-state index contributed by atoms with van der Waals surface area (Å²) in [4.78, 5) is 11.1. The van der Waals surface area contributed by atoms with Crippen LogP contribution in [0.1, 0.15) is 17.5 Å². The van der Waals surface area contributed by atoms with Crippen molar-refractivity contribution in [2.24, 2.45) is 0 Å².